The maximum Gasteiger partial charge on any atom is 0.407 e. The predicted molar refractivity (Wildman–Crippen MR) is 67.1 cm³/mol. The standard InChI is InChI=1S/C13H15FN2O3/c1-8-6-9(14)2-3-11(8)12-7-10(15-19)4-5-16(12)13(17)18/h2-3,6,12,19H,4-5,7H2,1H3,(H,17,18)/b15-10+/t12-/m1/s1. The zero-order chi connectivity index (χ0) is 14.0. The van der Waals surface area contributed by atoms with Crippen molar-refractivity contribution in [2.75, 3.05) is 6.54 Å². The average molecular weight is 266 g/mol. The Hall–Kier alpha value is -2.11. The summed E-state index contributed by atoms with van der Waals surface area (Å²) >= 11 is 0. The molecule has 0 spiro atoms. The molecule has 2 rings (SSSR count). The highest BCUT2D eigenvalue weighted by Gasteiger charge is 2.31. The normalized spacial score (nSPS) is 21.7. The molecular formula is C13H15FN2O3. The van der Waals surface area contributed by atoms with E-state index in [0.717, 1.165) is 5.56 Å². The van der Waals surface area contributed by atoms with E-state index in [1.807, 2.05) is 0 Å². The molecule has 102 valence electrons. The van der Waals surface area contributed by atoms with E-state index < -0.39 is 12.1 Å². The number of halogens is 1. The lowest BCUT2D eigenvalue weighted by Crippen LogP contribution is -2.40. The Kier molecular flexibility index (Phi) is 3.69. The van der Waals surface area contributed by atoms with Crippen LogP contribution in [-0.4, -0.2) is 33.6 Å². The molecule has 1 aliphatic heterocycles. The van der Waals surface area contributed by atoms with Gasteiger partial charge in [-0.05, 0) is 30.2 Å². The van der Waals surface area contributed by atoms with Gasteiger partial charge < -0.3 is 15.2 Å². The summed E-state index contributed by atoms with van der Waals surface area (Å²) in [5, 5.41) is 21.3. The number of benzene rings is 1. The van der Waals surface area contributed by atoms with Crippen LogP contribution in [0.2, 0.25) is 0 Å². The third-order valence-corrected chi connectivity index (χ3v) is 3.42. The molecular weight excluding hydrogens is 251 g/mol. The Balaban J connectivity index is 2.38. The highest BCUT2D eigenvalue weighted by Crippen LogP contribution is 2.32. The molecule has 2 N–H and O–H groups in total. The number of piperidine rings is 1. The second-order valence-electron chi connectivity index (χ2n) is 4.61. The SMILES string of the molecule is Cc1cc(F)ccc1[C@H]1C/C(=N/O)CCN1C(=O)O. The van der Waals surface area contributed by atoms with Gasteiger partial charge >= 0.3 is 6.09 Å². The number of hydrogen-bond acceptors (Lipinski definition) is 3. The van der Waals surface area contributed by atoms with Crippen molar-refractivity contribution in [3.8, 4) is 0 Å². The number of rotatable bonds is 1. The molecule has 5 nitrogen and oxygen atoms in total. The zero-order valence-electron chi connectivity index (χ0n) is 10.5. The lowest BCUT2D eigenvalue weighted by Gasteiger charge is -2.34. The van der Waals surface area contributed by atoms with E-state index in [-0.39, 0.29) is 12.4 Å². The van der Waals surface area contributed by atoms with Crippen molar-refractivity contribution in [1.82, 2.24) is 4.90 Å². The first-order valence-corrected chi connectivity index (χ1v) is 5.98. The number of amides is 1. The predicted octanol–water partition coefficient (Wildman–Crippen LogP) is 2.78. The van der Waals surface area contributed by atoms with Gasteiger partial charge in [0.1, 0.15) is 5.82 Å². The van der Waals surface area contributed by atoms with Crippen LogP contribution in [0, 0.1) is 12.7 Å². The van der Waals surface area contributed by atoms with Crippen LogP contribution in [0.5, 0.6) is 0 Å². The number of oxime groups is 1. The van der Waals surface area contributed by atoms with Crippen molar-refractivity contribution in [3.05, 3.63) is 35.1 Å². The van der Waals surface area contributed by atoms with Gasteiger partial charge in [0.15, 0.2) is 0 Å². The first-order chi connectivity index (χ1) is 9.02. The summed E-state index contributed by atoms with van der Waals surface area (Å²) in [7, 11) is 0. The quantitative estimate of drug-likeness (QED) is 0.606. The Morgan fingerprint density at radius 3 is 2.84 bits per heavy atom. The van der Waals surface area contributed by atoms with Crippen molar-refractivity contribution in [2.24, 2.45) is 5.16 Å². The molecule has 0 bridgehead atoms. The minimum atomic E-state index is -1.02. The van der Waals surface area contributed by atoms with E-state index >= 15 is 0 Å². The van der Waals surface area contributed by atoms with Gasteiger partial charge in [-0.3, -0.25) is 0 Å². The van der Waals surface area contributed by atoms with Gasteiger partial charge in [-0.25, -0.2) is 9.18 Å². The first kappa shape index (κ1) is 13.3. The van der Waals surface area contributed by atoms with E-state index in [0.29, 0.717) is 24.1 Å². The number of aryl methyl sites for hydroxylation is 1. The summed E-state index contributed by atoms with van der Waals surface area (Å²) in [6.45, 7) is 2.01. The van der Waals surface area contributed by atoms with Crippen LogP contribution in [0.1, 0.15) is 30.0 Å². The van der Waals surface area contributed by atoms with Crippen molar-refractivity contribution in [2.45, 2.75) is 25.8 Å². The van der Waals surface area contributed by atoms with Gasteiger partial charge in [0, 0.05) is 19.4 Å². The minimum Gasteiger partial charge on any atom is -0.465 e. The van der Waals surface area contributed by atoms with E-state index in [4.69, 9.17) is 5.21 Å². The third-order valence-electron chi connectivity index (χ3n) is 3.42. The number of carboxylic acid groups (broad SMARTS) is 1. The lowest BCUT2D eigenvalue weighted by molar-refractivity contribution is 0.121. The second kappa shape index (κ2) is 5.26. The van der Waals surface area contributed by atoms with Crippen molar-refractivity contribution < 1.29 is 19.5 Å². The molecule has 1 fully saturated rings. The fourth-order valence-corrected chi connectivity index (χ4v) is 2.45. The van der Waals surface area contributed by atoms with E-state index in [1.54, 1.807) is 13.0 Å². The summed E-state index contributed by atoms with van der Waals surface area (Å²) in [4.78, 5) is 12.6. The van der Waals surface area contributed by atoms with E-state index in [9.17, 15) is 14.3 Å². The van der Waals surface area contributed by atoms with Crippen LogP contribution in [0.15, 0.2) is 23.4 Å². The molecule has 0 saturated carbocycles. The molecule has 1 amide bonds. The summed E-state index contributed by atoms with van der Waals surface area (Å²) in [6, 6.07) is 3.84. The fraction of sp³-hybridized carbons (Fsp3) is 0.385. The largest absolute Gasteiger partial charge is 0.465 e. The molecule has 0 unspecified atom stereocenters. The molecule has 0 radical (unpaired) electrons. The fourth-order valence-electron chi connectivity index (χ4n) is 2.45. The van der Waals surface area contributed by atoms with Gasteiger partial charge in [-0.2, -0.15) is 0 Å². The summed E-state index contributed by atoms with van der Waals surface area (Å²) in [5.41, 5.74) is 1.99. The van der Waals surface area contributed by atoms with Crippen molar-refractivity contribution in [1.29, 1.82) is 0 Å². The molecule has 19 heavy (non-hydrogen) atoms. The molecule has 0 aliphatic carbocycles. The van der Waals surface area contributed by atoms with Gasteiger partial charge in [0.2, 0.25) is 0 Å². The molecule has 1 aromatic carbocycles. The van der Waals surface area contributed by atoms with Crippen molar-refractivity contribution in [3.63, 3.8) is 0 Å². The monoisotopic (exact) mass is 266 g/mol. The number of likely N-dealkylation sites (tertiary alicyclic amines) is 1. The highest BCUT2D eigenvalue weighted by molar-refractivity contribution is 5.87. The first-order valence-electron chi connectivity index (χ1n) is 5.98. The minimum absolute atomic E-state index is 0.274. The maximum atomic E-state index is 13.1. The van der Waals surface area contributed by atoms with Gasteiger partial charge in [-0.15, -0.1) is 0 Å². The molecule has 1 aromatic rings. The van der Waals surface area contributed by atoms with Gasteiger partial charge in [-0.1, -0.05) is 11.2 Å². The number of carbonyl (C=O) groups is 1. The smallest absolute Gasteiger partial charge is 0.407 e. The molecule has 0 aromatic heterocycles. The van der Waals surface area contributed by atoms with Crippen LogP contribution in [0.3, 0.4) is 0 Å². The van der Waals surface area contributed by atoms with Crippen LogP contribution < -0.4 is 0 Å². The Morgan fingerprint density at radius 1 is 1.53 bits per heavy atom. The summed E-state index contributed by atoms with van der Waals surface area (Å²) in [5.74, 6) is -0.352. The summed E-state index contributed by atoms with van der Waals surface area (Å²) in [6.07, 6.45) is -0.278. The van der Waals surface area contributed by atoms with Gasteiger partial charge in [0.25, 0.3) is 0 Å². The van der Waals surface area contributed by atoms with Gasteiger partial charge in [0.05, 0.1) is 11.8 Å². The maximum absolute atomic E-state index is 13.1. The Labute approximate surface area is 110 Å². The second-order valence-corrected chi connectivity index (χ2v) is 4.61. The lowest BCUT2D eigenvalue weighted by atomic mass is 9.91. The molecule has 1 heterocycles. The van der Waals surface area contributed by atoms with Crippen LogP contribution in [0.4, 0.5) is 9.18 Å². The topological polar surface area (TPSA) is 73.1 Å². The number of hydrogen-bond donors (Lipinski definition) is 2. The Bertz CT molecular complexity index is 531. The van der Waals surface area contributed by atoms with Crippen LogP contribution in [0.25, 0.3) is 0 Å². The summed E-state index contributed by atoms with van der Waals surface area (Å²) < 4.78 is 13.1. The average Bonchev–Trinajstić information content (AvgIpc) is 2.38. The van der Waals surface area contributed by atoms with E-state index in [2.05, 4.69) is 5.16 Å². The van der Waals surface area contributed by atoms with Crippen LogP contribution >= 0.6 is 0 Å². The zero-order valence-corrected chi connectivity index (χ0v) is 10.5. The Morgan fingerprint density at radius 2 is 2.26 bits per heavy atom. The van der Waals surface area contributed by atoms with E-state index in [1.165, 1.54) is 17.0 Å². The van der Waals surface area contributed by atoms with Crippen molar-refractivity contribution >= 4 is 11.8 Å². The van der Waals surface area contributed by atoms with Crippen LogP contribution in [-0.2, 0) is 0 Å². The highest BCUT2D eigenvalue weighted by atomic mass is 19.1. The number of nitrogens with zero attached hydrogens (tertiary/aromatic N) is 2. The molecule has 1 atom stereocenters. The molecule has 1 saturated heterocycles. The molecule has 1 aliphatic rings. The third kappa shape index (κ3) is 2.67. The molecule has 6 heteroatoms.